The monoisotopic (exact) mass is 363 g/mol. The van der Waals surface area contributed by atoms with Gasteiger partial charge in [0.1, 0.15) is 28.1 Å². The van der Waals surface area contributed by atoms with E-state index in [9.17, 15) is 14.7 Å². The molecule has 3 rings (SSSR count). The largest absolute Gasteiger partial charge is 0.477 e. The number of nitrogens with one attached hydrogen (secondary N) is 1. The maximum absolute atomic E-state index is 12.4. The Morgan fingerprint density at radius 1 is 1.42 bits per heavy atom. The van der Waals surface area contributed by atoms with Crippen molar-refractivity contribution in [3.8, 4) is 0 Å². The van der Waals surface area contributed by atoms with Gasteiger partial charge in [-0.3, -0.25) is 4.79 Å². The SMILES string of the molecule is CC1=C(C(=O)O)N2C(=S)[C@@H](NC(=O)C(N)c3ccccc3)[C@@H]2SC1. The Balaban J connectivity index is 1.71. The molecule has 6 nitrogen and oxygen atoms in total. The minimum absolute atomic E-state index is 0.195. The van der Waals surface area contributed by atoms with Crippen molar-refractivity contribution >= 4 is 40.8 Å². The van der Waals surface area contributed by atoms with Crippen molar-refractivity contribution in [2.75, 3.05) is 5.75 Å². The third-order valence-corrected chi connectivity index (χ3v) is 5.98. The summed E-state index contributed by atoms with van der Waals surface area (Å²) in [4.78, 5) is 25.9. The molecule has 0 radical (unpaired) electrons. The molecule has 1 amide bonds. The molecule has 8 heteroatoms. The highest BCUT2D eigenvalue weighted by Gasteiger charge is 2.51. The van der Waals surface area contributed by atoms with E-state index >= 15 is 0 Å². The van der Waals surface area contributed by atoms with Gasteiger partial charge in [-0.05, 0) is 18.1 Å². The minimum Gasteiger partial charge on any atom is -0.477 e. The maximum Gasteiger partial charge on any atom is 0.352 e. The second-order valence-electron chi connectivity index (χ2n) is 5.72. The number of carbonyl (C=O) groups excluding carboxylic acids is 1. The molecule has 1 saturated heterocycles. The number of benzene rings is 1. The number of rotatable bonds is 4. The van der Waals surface area contributed by atoms with Crippen LogP contribution in [0.1, 0.15) is 18.5 Å². The summed E-state index contributed by atoms with van der Waals surface area (Å²) < 4.78 is 0. The van der Waals surface area contributed by atoms with Gasteiger partial charge in [0.15, 0.2) is 0 Å². The lowest BCUT2D eigenvalue weighted by Crippen LogP contribution is -2.70. The Morgan fingerprint density at radius 3 is 2.71 bits per heavy atom. The van der Waals surface area contributed by atoms with Crippen molar-refractivity contribution in [2.24, 2.45) is 5.73 Å². The molecule has 2 heterocycles. The van der Waals surface area contributed by atoms with Gasteiger partial charge in [-0.1, -0.05) is 42.5 Å². The molecule has 0 aromatic heterocycles. The van der Waals surface area contributed by atoms with E-state index < -0.39 is 12.0 Å². The predicted molar refractivity (Wildman–Crippen MR) is 96.3 cm³/mol. The average Bonchev–Trinajstić information content (AvgIpc) is 2.59. The van der Waals surface area contributed by atoms with Crippen molar-refractivity contribution in [1.29, 1.82) is 0 Å². The number of thiocarbonyl (C=S) groups is 1. The zero-order valence-corrected chi connectivity index (χ0v) is 14.6. The lowest BCUT2D eigenvalue weighted by Gasteiger charge is -2.52. The fourth-order valence-electron chi connectivity index (χ4n) is 2.83. The summed E-state index contributed by atoms with van der Waals surface area (Å²) in [6.07, 6.45) is 0. The van der Waals surface area contributed by atoms with Crippen LogP contribution in [0, 0.1) is 0 Å². The number of hydrogen-bond acceptors (Lipinski definition) is 5. The van der Waals surface area contributed by atoms with Crippen LogP contribution >= 0.6 is 24.0 Å². The fraction of sp³-hybridized carbons (Fsp3) is 0.312. The molecular weight excluding hydrogens is 346 g/mol. The number of aliphatic carboxylic acids is 1. The van der Waals surface area contributed by atoms with Gasteiger partial charge in [0.2, 0.25) is 5.91 Å². The first-order chi connectivity index (χ1) is 11.4. The summed E-state index contributed by atoms with van der Waals surface area (Å²) in [5.41, 5.74) is 7.71. The van der Waals surface area contributed by atoms with Crippen molar-refractivity contribution in [3.05, 3.63) is 47.2 Å². The normalized spacial score (nSPS) is 24.1. The first kappa shape index (κ1) is 16.9. The van der Waals surface area contributed by atoms with E-state index in [0.717, 1.165) is 11.1 Å². The first-order valence-electron chi connectivity index (χ1n) is 7.40. The smallest absolute Gasteiger partial charge is 0.352 e. The summed E-state index contributed by atoms with van der Waals surface area (Å²) in [6, 6.07) is 7.92. The molecule has 0 saturated carbocycles. The molecule has 1 fully saturated rings. The molecule has 2 aliphatic heterocycles. The fourth-order valence-corrected chi connectivity index (χ4v) is 4.69. The van der Waals surface area contributed by atoms with Crippen LogP contribution in [-0.2, 0) is 9.59 Å². The highest BCUT2D eigenvalue weighted by molar-refractivity contribution is 8.00. The highest BCUT2D eigenvalue weighted by Crippen LogP contribution is 2.40. The van der Waals surface area contributed by atoms with Gasteiger partial charge < -0.3 is 21.1 Å². The predicted octanol–water partition coefficient (Wildman–Crippen LogP) is 1.25. The Labute approximate surface area is 149 Å². The van der Waals surface area contributed by atoms with Crippen LogP contribution in [-0.4, -0.2) is 44.0 Å². The zero-order chi connectivity index (χ0) is 17.4. The molecule has 24 heavy (non-hydrogen) atoms. The standard InChI is InChI=1S/C16H17N3O3S2/c1-8-7-24-15-11(14(23)19(15)12(8)16(21)22)18-13(20)10(17)9-5-3-2-4-6-9/h2-6,10-11,15H,7,17H2,1H3,(H,18,20)(H,21,22)/t10?,11-,15+/m1/s1. The van der Waals surface area contributed by atoms with E-state index in [1.807, 2.05) is 18.2 Å². The second-order valence-corrected chi connectivity index (χ2v) is 7.24. The van der Waals surface area contributed by atoms with Crippen molar-refractivity contribution in [1.82, 2.24) is 10.2 Å². The van der Waals surface area contributed by atoms with E-state index in [1.54, 1.807) is 35.7 Å². The Kier molecular flexibility index (Phi) is 4.62. The van der Waals surface area contributed by atoms with Gasteiger partial charge in [0, 0.05) is 5.75 Å². The Bertz CT molecular complexity index is 735. The van der Waals surface area contributed by atoms with Crippen LogP contribution in [0.3, 0.4) is 0 Å². The molecular formula is C16H17N3O3S2. The topological polar surface area (TPSA) is 95.7 Å². The van der Waals surface area contributed by atoms with Crippen LogP contribution in [0.25, 0.3) is 0 Å². The molecule has 1 unspecified atom stereocenters. The molecule has 126 valence electrons. The number of nitrogens with two attached hydrogens (primary N) is 1. The number of thioether (sulfide) groups is 1. The quantitative estimate of drug-likeness (QED) is 0.693. The molecule has 1 aromatic rings. The van der Waals surface area contributed by atoms with Gasteiger partial charge >= 0.3 is 5.97 Å². The van der Waals surface area contributed by atoms with E-state index in [2.05, 4.69) is 5.32 Å². The summed E-state index contributed by atoms with van der Waals surface area (Å²) >= 11 is 6.90. The highest BCUT2D eigenvalue weighted by atomic mass is 32.2. The number of carbonyl (C=O) groups is 2. The van der Waals surface area contributed by atoms with Crippen LogP contribution < -0.4 is 11.1 Å². The number of nitrogens with zero attached hydrogens (tertiary/aromatic N) is 1. The molecule has 0 aliphatic carbocycles. The maximum atomic E-state index is 12.4. The second kappa shape index (κ2) is 6.54. The average molecular weight is 363 g/mol. The zero-order valence-electron chi connectivity index (χ0n) is 12.9. The number of fused-ring (bicyclic) bond motifs is 1. The van der Waals surface area contributed by atoms with Gasteiger partial charge in [-0.2, -0.15) is 0 Å². The molecule has 4 N–H and O–H groups in total. The van der Waals surface area contributed by atoms with E-state index in [0.29, 0.717) is 10.7 Å². The molecule has 3 atom stereocenters. The van der Waals surface area contributed by atoms with E-state index in [4.69, 9.17) is 18.0 Å². The summed E-state index contributed by atoms with van der Waals surface area (Å²) in [7, 11) is 0. The molecule has 0 spiro atoms. The number of amides is 1. The van der Waals surface area contributed by atoms with Gasteiger partial charge in [-0.15, -0.1) is 11.8 Å². The first-order valence-corrected chi connectivity index (χ1v) is 8.86. The van der Waals surface area contributed by atoms with Gasteiger partial charge in [0.25, 0.3) is 0 Å². The molecule has 2 aliphatic rings. The molecule has 0 bridgehead atoms. The molecule has 1 aromatic carbocycles. The van der Waals surface area contributed by atoms with Crippen LogP contribution in [0.4, 0.5) is 0 Å². The minimum atomic E-state index is -0.995. The number of carboxylic acids is 1. The van der Waals surface area contributed by atoms with Crippen molar-refractivity contribution in [2.45, 2.75) is 24.4 Å². The summed E-state index contributed by atoms with van der Waals surface area (Å²) in [5, 5.41) is 12.0. The van der Waals surface area contributed by atoms with Gasteiger partial charge in [-0.25, -0.2) is 4.79 Å². The lowest BCUT2D eigenvalue weighted by molar-refractivity contribution is -0.134. The van der Waals surface area contributed by atoms with Crippen molar-refractivity contribution < 1.29 is 14.7 Å². The van der Waals surface area contributed by atoms with Gasteiger partial charge in [0.05, 0.1) is 0 Å². The van der Waals surface area contributed by atoms with Crippen LogP contribution in [0.2, 0.25) is 0 Å². The third kappa shape index (κ3) is 2.81. The van der Waals surface area contributed by atoms with E-state index in [-0.39, 0.29) is 23.0 Å². The number of carboxylic acid groups (broad SMARTS) is 1. The number of hydrogen-bond donors (Lipinski definition) is 3. The van der Waals surface area contributed by atoms with Crippen LogP contribution in [0.15, 0.2) is 41.6 Å². The third-order valence-electron chi connectivity index (χ3n) is 4.10. The van der Waals surface area contributed by atoms with Crippen molar-refractivity contribution in [3.63, 3.8) is 0 Å². The van der Waals surface area contributed by atoms with E-state index in [1.165, 1.54) is 0 Å². The Morgan fingerprint density at radius 2 is 2.08 bits per heavy atom. The Hall–Kier alpha value is -1.90. The summed E-state index contributed by atoms with van der Waals surface area (Å²) in [5.74, 6) is -0.717. The lowest BCUT2D eigenvalue weighted by atomic mass is 10.0. The summed E-state index contributed by atoms with van der Waals surface area (Å²) in [6.45, 7) is 1.78. The van der Waals surface area contributed by atoms with Crippen LogP contribution in [0.5, 0.6) is 0 Å².